The predicted molar refractivity (Wildman–Crippen MR) is 49.3 cm³/mol. The van der Waals surface area contributed by atoms with E-state index in [1.807, 2.05) is 0 Å². The van der Waals surface area contributed by atoms with Crippen molar-refractivity contribution in [2.45, 2.75) is 19.3 Å². The van der Waals surface area contributed by atoms with Crippen LogP contribution in [0.4, 0.5) is 0 Å². The van der Waals surface area contributed by atoms with Crippen molar-refractivity contribution in [3.05, 3.63) is 11.8 Å². The molecule has 2 nitrogen and oxygen atoms in total. The number of aliphatic imine (C=N–C) groups is 1. The topological polar surface area (TPSA) is 21.6 Å². The Kier molecular flexibility index (Phi) is 2.26. The van der Waals surface area contributed by atoms with Gasteiger partial charge >= 0.3 is 0 Å². The van der Waals surface area contributed by atoms with Gasteiger partial charge in [-0.15, -0.1) is 0 Å². The number of hydrogen-bond acceptors (Lipinski definition) is 2. The van der Waals surface area contributed by atoms with Gasteiger partial charge in [-0.25, -0.2) is 0 Å². The molecule has 0 aromatic heterocycles. The summed E-state index contributed by atoms with van der Waals surface area (Å²) in [5.74, 6) is 1.62. The molecular weight excluding hydrogens is 150 g/mol. The van der Waals surface area contributed by atoms with Gasteiger partial charge in [0.15, 0.2) is 0 Å². The molecule has 0 spiro atoms. The van der Waals surface area contributed by atoms with Crippen molar-refractivity contribution in [2.24, 2.45) is 16.8 Å². The summed E-state index contributed by atoms with van der Waals surface area (Å²) >= 11 is 0. The van der Waals surface area contributed by atoms with Crippen LogP contribution in [0.1, 0.15) is 19.3 Å². The van der Waals surface area contributed by atoms with E-state index in [0.717, 1.165) is 31.3 Å². The zero-order chi connectivity index (χ0) is 8.39. The van der Waals surface area contributed by atoms with Gasteiger partial charge in [0.25, 0.3) is 0 Å². The van der Waals surface area contributed by atoms with Gasteiger partial charge in [0, 0.05) is 31.5 Å². The van der Waals surface area contributed by atoms with E-state index in [4.69, 9.17) is 4.74 Å². The normalized spacial score (nSPS) is 31.2. The Morgan fingerprint density at radius 1 is 1.58 bits per heavy atom. The Hall–Kier alpha value is -0.630. The number of ether oxygens (including phenoxy) is 1. The number of rotatable bonds is 4. The second-order valence-electron chi connectivity index (χ2n) is 3.60. The summed E-state index contributed by atoms with van der Waals surface area (Å²) in [6, 6.07) is 0. The van der Waals surface area contributed by atoms with Crippen molar-refractivity contribution in [1.82, 2.24) is 0 Å². The fourth-order valence-corrected chi connectivity index (χ4v) is 1.63. The maximum absolute atomic E-state index is 4.99. The van der Waals surface area contributed by atoms with Crippen molar-refractivity contribution in [1.29, 1.82) is 0 Å². The Balaban J connectivity index is 1.77. The lowest BCUT2D eigenvalue weighted by atomic mass is 10.1. The van der Waals surface area contributed by atoms with Crippen LogP contribution in [0.15, 0.2) is 16.8 Å². The molecule has 0 saturated heterocycles. The molecule has 2 atom stereocenters. The highest BCUT2D eigenvalue weighted by atomic mass is 16.5. The standard InChI is InChI=1S/C10H15NO/c1-12-4-2-3-10-6-8-5-9(8)7-11-10/h6-9H,2-5H2,1H3. The molecule has 2 rings (SSSR count). The van der Waals surface area contributed by atoms with E-state index in [1.54, 1.807) is 7.11 Å². The molecule has 0 aromatic carbocycles. The minimum atomic E-state index is 0.788. The first kappa shape index (κ1) is 7.99. The molecule has 0 radical (unpaired) electrons. The molecule has 0 amide bonds. The van der Waals surface area contributed by atoms with E-state index in [1.165, 1.54) is 12.1 Å². The molecule has 1 fully saturated rings. The highest BCUT2D eigenvalue weighted by molar-refractivity contribution is 5.68. The molecule has 1 aliphatic carbocycles. The lowest BCUT2D eigenvalue weighted by molar-refractivity contribution is 0.195. The van der Waals surface area contributed by atoms with Crippen molar-refractivity contribution in [3.63, 3.8) is 0 Å². The molecule has 66 valence electrons. The zero-order valence-electron chi connectivity index (χ0n) is 7.49. The lowest BCUT2D eigenvalue weighted by Crippen LogP contribution is -1.95. The Bertz CT molecular complexity index is 220. The molecule has 2 heteroatoms. The number of hydrogen-bond donors (Lipinski definition) is 0. The molecule has 0 aromatic rings. The van der Waals surface area contributed by atoms with Gasteiger partial charge in [-0.1, -0.05) is 6.08 Å². The number of methoxy groups -OCH3 is 1. The largest absolute Gasteiger partial charge is 0.385 e. The molecule has 2 aliphatic rings. The minimum absolute atomic E-state index is 0.788. The summed E-state index contributed by atoms with van der Waals surface area (Å²) in [7, 11) is 1.75. The number of nitrogens with zero attached hydrogens (tertiary/aromatic N) is 1. The van der Waals surface area contributed by atoms with Gasteiger partial charge in [-0.2, -0.15) is 0 Å². The second kappa shape index (κ2) is 3.40. The summed E-state index contributed by atoms with van der Waals surface area (Å²) in [4.78, 5) is 4.40. The highest BCUT2D eigenvalue weighted by Crippen LogP contribution is 2.41. The smallest absolute Gasteiger partial charge is 0.0465 e. The third-order valence-electron chi connectivity index (χ3n) is 2.51. The van der Waals surface area contributed by atoms with Crippen LogP contribution in [-0.4, -0.2) is 19.9 Å². The molecule has 1 aliphatic heterocycles. The summed E-state index contributed by atoms with van der Waals surface area (Å²) < 4.78 is 4.99. The van der Waals surface area contributed by atoms with Gasteiger partial charge in [-0.05, 0) is 25.2 Å². The van der Waals surface area contributed by atoms with E-state index >= 15 is 0 Å². The third kappa shape index (κ3) is 1.75. The predicted octanol–water partition coefficient (Wildman–Crippen LogP) is 2.02. The van der Waals surface area contributed by atoms with E-state index in [2.05, 4.69) is 17.3 Å². The number of allylic oxidation sites excluding steroid dienone is 2. The van der Waals surface area contributed by atoms with E-state index in [0.29, 0.717) is 0 Å². The van der Waals surface area contributed by atoms with Crippen LogP contribution in [0, 0.1) is 11.8 Å². The van der Waals surface area contributed by atoms with Gasteiger partial charge < -0.3 is 4.74 Å². The molecule has 1 saturated carbocycles. The summed E-state index contributed by atoms with van der Waals surface area (Å²) in [5, 5.41) is 0. The Labute approximate surface area is 73.3 Å². The maximum atomic E-state index is 4.99. The van der Waals surface area contributed by atoms with Crippen molar-refractivity contribution >= 4 is 6.21 Å². The molecule has 1 heterocycles. The Morgan fingerprint density at radius 2 is 2.50 bits per heavy atom. The van der Waals surface area contributed by atoms with E-state index < -0.39 is 0 Å². The van der Waals surface area contributed by atoms with Crippen LogP contribution in [0.2, 0.25) is 0 Å². The van der Waals surface area contributed by atoms with E-state index in [-0.39, 0.29) is 0 Å². The van der Waals surface area contributed by atoms with Crippen LogP contribution in [0.3, 0.4) is 0 Å². The molecular formula is C10H15NO. The second-order valence-corrected chi connectivity index (χ2v) is 3.60. The average molecular weight is 165 g/mol. The van der Waals surface area contributed by atoms with Crippen LogP contribution in [-0.2, 0) is 4.74 Å². The zero-order valence-corrected chi connectivity index (χ0v) is 7.49. The third-order valence-corrected chi connectivity index (χ3v) is 2.51. The monoisotopic (exact) mass is 165 g/mol. The summed E-state index contributed by atoms with van der Waals surface area (Å²) in [6.07, 6.45) is 7.95. The summed E-state index contributed by atoms with van der Waals surface area (Å²) in [6.45, 7) is 0.848. The maximum Gasteiger partial charge on any atom is 0.0465 e. The van der Waals surface area contributed by atoms with Crippen LogP contribution >= 0.6 is 0 Å². The molecule has 12 heavy (non-hydrogen) atoms. The quantitative estimate of drug-likeness (QED) is 0.584. The fraction of sp³-hybridized carbons (Fsp3) is 0.700. The average Bonchev–Trinajstić information content (AvgIpc) is 2.83. The van der Waals surface area contributed by atoms with Crippen LogP contribution in [0.5, 0.6) is 0 Å². The van der Waals surface area contributed by atoms with Crippen molar-refractivity contribution in [2.75, 3.05) is 13.7 Å². The molecule has 2 unspecified atom stereocenters. The number of fused-ring (bicyclic) bond motifs is 1. The van der Waals surface area contributed by atoms with Crippen molar-refractivity contribution < 1.29 is 4.74 Å². The first-order valence-electron chi connectivity index (χ1n) is 4.64. The fourth-order valence-electron chi connectivity index (χ4n) is 1.63. The van der Waals surface area contributed by atoms with Gasteiger partial charge in [0.2, 0.25) is 0 Å². The van der Waals surface area contributed by atoms with Gasteiger partial charge in [-0.3, -0.25) is 4.99 Å². The first-order valence-corrected chi connectivity index (χ1v) is 4.64. The van der Waals surface area contributed by atoms with Crippen molar-refractivity contribution in [3.8, 4) is 0 Å². The van der Waals surface area contributed by atoms with Gasteiger partial charge in [0.05, 0.1) is 0 Å². The van der Waals surface area contributed by atoms with E-state index in [9.17, 15) is 0 Å². The first-order chi connectivity index (χ1) is 5.90. The van der Waals surface area contributed by atoms with Crippen LogP contribution < -0.4 is 0 Å². The highest BCUT2D eigenvalue weighted by Gasteiger charge is 2.35. The van der Waals surface area contributed by atoms with Gasteiger partial charge in [0.1, 0.15) is 0 Å². The van der Waals surface area contributed by atoms with Crippen LogP contribution in [0.25, 0.3) is 0 Å². The lowest BCUT2D eigenvalue weighted by Gasteiger charge is -2.04. The minimum Gasteiger partial charge on any atom is -0.385 e. The molecule has 0 bridgehead atoms. The molecule has 0 N–H and O–H groups in total. The SMILES string of the molecule is COCCCC1=CC2CC2C=N1. The Morgan fingerprint density at radius 3 is 3.25 bits per heavy atom. The summed E-state index contributed by atoms with van der Waals surface area (Å²) in [5.41, 5.74) is 1.27.